The Hall–Kier alpha value is -2.54. The van der Waals surface area contributed by atoms with Gasteiger partial charge in [0, 0.05) is 31.3 Å². The summed E-state index contributed by atoms with van der Waals surface area (Å²) in [5.41, 5.74) is 1.07. The van der Waals surface area contributed by atoms with Gasteiger partial charge in [0.05, 0.1) is 0 Å². The maximum atomic E-state index is 5.90. The number of pyridine rings is 1. The van der Waals surface area contributed by atoms with Crippen molar-refractivity contribution in [2.45, 2.75) is 6.54 Å². The van der Waals surface area contributed by atoms with E-state index in [9.17, 15) is 0 Å². The number of anilines is 1. The third kappa shape index (κ3) is 2.89. The monoisotopic (exact) mass is 287 g/mol. The van der Waals surface area contributed by atoms with E-state index < -0.39 is 0 Å². The molecule has 1 N–H and O–H groups in total. The molecule has 3 rings (SSSR count). The molecule has 0 aliphatic rings. The minimum absolute atomic E-state index is 0.126. The zero-order chi connectivity index (χ0) is 13.8. The Bertz CT molecular complexity index is 684. The van der Waals surface area contributed by atoms with Crippen LogP contribution in [0.3, 0.4) is 0 Å². The molecule has 20 heavy (non-hydrogen) atoms. The molecule has 0 aromatic carbocycles. The Kier molecular flexibility index (Phi) is 3.51. The molecular weight excluding hydrogens is 278 g/mol. The summed E-state index contributed by atoms with van der Waals surface area (Å²) in [6, 6.07) is 3.82. The van der Waals surface area contributed by atoms with E-state index in [-0.39, 0.29) is 5.28 Å². The average molecular weight is 288 g/mol. The van der Waals surface area contributed by atoms with Gasteiger partial charge in [0.1, 0.15) is 6.33 Å². The quantitative estimate of drug-likeness (QED) is 0.787. The molecule has 0 radical (unpaired) electrons. The Balaban J connectivity index is 1.80. The molecule has 0 amide bonds. The van der Waals surface area contributed by atoms with Crippen molar-refractivity contribution in [3.63, 3.8) is 0 Å². The van der Waals surface area contributed by atoms with E-state index in [1.54, 1.807) is 35.7 Å². The second-order valence-electron chi connectivity index (χ2n) is 3.91. The molecule has 0 fully saturated rings. The van der Waals surface area contributed by atoms with Gasteiger partial charge in [0.25, 0.3) is 0 Å². The summed E-state index contributed by atoms with van der Waals surface area (Å²) in [6.45, 7) is 0.576. The van der Waals surface area contributed by atoms with Crippen molar-refractivity contribution in [1.29, 1.82) is 0 Å². The molecule has 3 aromatic heterocycles. The number of hydrogen-bond donors (Lipinski definition) is 1. The SMILES string of the molecule is Clc1nc(NCc2ccncc2)nc(-n2ccnc2)n1. The minimum Gasteiger partial charge on any atom is -0.350 e. The predicted molar refractivity (Wildman–Crippen MR) is 73.5 cm³/mol. The van der Waals surface area contributed by atoms with Crippen LogP contribution < -0.4 is 5.32 Å². The first-order valence-corrected chi connectivity index (χ1v) is 6.22. The molecule has 7 nitrogen and oxygen atoms in total. The second-order valence-corrected chi connectivity index (χ2v) is 4.25. The minimum atomic E-state index is 0.126. The number of nitrogens with zero attached hydrogens (tertiary/aromatic N) is 6. The lowest BCUT2D eigenvalue weighted by atomic mass is 10.3. The number of nitrogens with one attached hydrogen (secondary N) is 1. The van der Waals surface area contributed by atoms with E-state index in [1.165, 1.54) is 0 Å². The van der Waals surface area contributed by atoms with Gasteiger partial charge >= 0.3 is 0 Å². The first-order valence-electron chi connectivity index (χ1n) is 5.84. The Labute approximate surface area is 119 Å². The van der Waals surface area contributed by atoms with Gasteiger partial charge < -0.3 is 5.32 Å². The molecule has 0 aliphatic heterocycles. The lowest BCUT2D eigenvalue weighted by molar-refractivity contribution is 0.888. The Morgan fingerprint density at radius 1 is 1.05 bits per heavy atom. The standard InChI is InChI=1S/C12H10ClN7/c13-10-17-11(16-7-9-1-3-14-4-2-9)19-12(18-10)20-6-5-15-8-20/h1-6,8H,7H2,(H,16,17,18,19). The van der Waals surface area contributed by atoms with Crippen LogP contribution in [-0.2, 0) is 6.54 Å². The normalized spacial score (nSPS) is 10.4. The van der Waals surface area contributed by atoms with Crippen molar-refractivity contribution in [2.75, 3.05) is 5.32 Å². The summed E-state index contributed by atoms with van der Waals surface area (Å²) in [5, 5.41) is 3.22. The molecule has 8 heteroatoms. The summed E-state index contributed by atoms with van der Waals surface area (Å²) in [4.78, 5) is 20.3. The van der Waals surface area contributed by atoms with Gasteiger partial charge in [-0.15, -0.1) is 0 Å². The maximum Gasteiger partial charge on any atom is 0.241 e. The number of hydrogen-bond acceptors (Lipinski definition) is 6. The molecule has 3 aromatic rings. The van der Waals surface area contributed by atoms with Crippen LogP contribution in [0.25, 0.3) is 5.95 Å². The van der Waals surface area contributed by atoms with Crippen LogP contribution in [-0.4, -0.2) is 29.5 Å². The molecule has 100 valence electrons. The highest BCUT2D eigenvalue weighted by molar-refractivity contribution is 6.28. The van der Waals surface area contributed by atoms with Crippen molar-refractivity contribution in [1.82, 2.24) is 29.5 Å². The van der Waals surface area contributed by atoms with Gasteiger partial charge in [-0.2, -0.15) is 15.0 Å². The first kappa shape index (κ1) is 12.5. The van der Waals surface area contributed by atoms with E-state index in [4.69, 9.17) is 11.6 Å². The summed E-state index contributed by atoms with van der Waals surface area (Å²) in [6.07, 6.45) is 8.43. The third-order valence-corrected chi connectivity index (χ3v) is 2.70. The van der Waals surface area contributed by atoms with Crippen molar-refractivity contribution in [2.24, 2.45) is 0 Å². The zero-order valence-corrected chi connectivity index (χ0v) is 11.1. The van der Waals surface area contributed by atoms with Gasteiger partial charge in [-0.25, -0.2) is 4.98 Å². The van der Waals surface area contributed by atoms with Crippen molar-refractivity contribution in [3.8, 4) is 5.95 Å². The van der Waals surface area contributed by atoms with E-state index in [0.29, 0.717) is 18.4 Å². The number of rotatable bonds is 4. The summed E-state index contributed by atoms with van der Waals surface area (Å²) in [5.74, 6) is 0.824. The Morgan fingerprint density at radius 2 is 1.90 bits per heavy atom. The van der Waals surface area contributed by atoms with E-state index in [2.05, 4.69) is 30.2 Å². The number of halogens is 1. The highest BCUT2D eigenvalue weighted by Crippen LogP contribution is 2.10. The number of imidazole rings is 1. The molecule has 0 unspecified atom stereocenters. The topological polar surface area (TPSA) is 81.4 Å². The lowest BCUT2D eigenvalue weighted by Gasteiger charge is -2.06. The van der Waals surface area contributed by atoms with Gasteiger partial charge in [0.2, 0.25) is 17.2 Å². The van der Waals surface area contributed by atoms with Crippen LogP contribution in [0.15, 0.2) is 43.2 Å². The van der Waals surface area contributed by atoms with Crippen LogP contribution in [0.5, 0.6) is 0 Å². The average Bonchev–Trinajstić information content (AvgIpc) is 3.00. The third-order valence-electron chi connectivity index (χ3n) is 2.53. The highest BCUT2D eigenvalue weighted by atomic mass is 35.5. The predicted octanol–water partition coefficient (Wildman–Crippen LogP) is 1.72. The fourth-order valence-electron chi connectivity index (χ4n) is 1.59. The zero-order valence-electron chi connectivity index (χ0n) is 10.3. The molecule has 3 heterocycles. The molecule has 0 aliphatic carbocycles. The summed E-state index contributed by atoms with van der Waals surface area (Å²) in [7, 11) is 0. The molecular formula is C12H10ClN7. The molecule has 0 spiro atoms. The molecule has 0 atom stereocenters. The highest BCUT2D eigenvalue weighted by Gasteiger charge is 2.06. The van der Waals surface area contributed by atoms with E-state index >= 15 is 0 Å². The van der Waals surface area contributed by atoms with E-state index in [1.807, 2.05) is 12.1 Å². The fraction of sp³-hybridized carbons (Fsp3) is 0.0833. The van der Waals surface area contributed by atoms with Crippen molar-refractivity contribution < 1.29 is 0 Å². The van der Waals surface area contributed by atoms with Crippen molar-refractivity contribution >= 4 is 17.5 Å². The molecule has 0 bridgehead atoms. The lowest BCUT2D eigenvalue weighted by Crippen LogP contribution is -2.08. The van der Waals surface area contributed by atoms with Crippen LogP contribution in [0, 0.1) is 0 Å². The first-order chi connectivity index (χ1) is 9.81. The number of aromatic nitrogens is 6. The maximum absolute atomic E-state index is 5.90. The van der Waals surface area contributed by atoms with Crippen LogP contribution in [0.4, 0.5) is 5.95 Å². The molecule has 0 saturated heterocycles. The summed E-state index contributed by atoms with van der Waals surface area (Å²) >= 11 is 5.90. The largest absolute Gasteiger partial charge is 0.350 e. The van der Waals surface area contributed by atoms with Crippen LogP contribution in [0.2, 0.25) is 5.28 Å². The van der Waals surface area contributed by atoms with Gasteiger partial charge in [0.15, 0.2) is 0 Å². The van der Waals surface area contributed by atoms with Crippen molar-refractivity contribution in [3.05, 3.63) is 54.1 Å². The smallest absolute Gasteiger partial charge is 0.241 e. The van der Waals surface area contributed by atoms with Gasteiger partial charge in [-0.05, 0) is 29.3 Å². The van der Waals surface area contributed by atoms with Gasteiger partial charge in [-0.3, -0.25) is 9.55 Å². The second kappa shape index (κ2) is 5.62. The van der Waals surface area contributed by atoms with Crippen LogP contribution >= 0.6 is 11.6 Å². The molecule has 0 saturated carbocycles. The van der Waals surface area contributed by atoms with E-state index in [0.717, 1.165) is 5.56 Å². The fourth-order valence-corrected chi connectivity index (χ4v) is 1.75. The Morgan fingerprint density at radius 3 is 2.65 bits per heavy atom. The van der Waals surface area contributed by atoms with Gasteiger partial charge in [-0.1, -0.05) is 0 Å². The van der Waals surface area contributed by atoms with Crippen LogP contribution in [0.1, 0.15) is 5.56 Å². The summed E-state index contributed by atoms with van der Waals surface area (Å²) < 4.78 is 1.66.